The molecule has 2 N–H and O–H groups in total. The number of nitrogens with one attached hydrogen (secondary N) is 2. The predicted octanol–water partition coefficient (Wildman–Crippen LogP) is 2.27. The highest BCUT2D eigenvalue weighted by atomic mass is 35.5. The number of halogens is 2. The number of sulfonamides is 1. The zero-order valence-electron chi connectivity index (χ0n) is 13.8. The molecule has 0 bridgehead atoms. The molecule has 0 fully saturated rings. The van der Waals surface area contributed by atoms with Crippen LogP contribution in [-0.4, -0.2) is 29.2 Å². The van der Waals surface area contributed by atoms with E-state index in [0.717, 1.165) is 11.1 Å². The van der Waals surface area contributed by atoms with Gasteiger partial charge >= 0.3 is 5.69 Å². The third-order valence-corrected chi connectivity index (χ3v) is 6.96. The van der Waals surface area contributed by atoms with Crippen LogP contribution in [0.4, 0.5) is 0 Å². The first-order valence-electron chi connectivity index (χ1n) is 7.99. The third kappa shape index (κ3) is 3.19. The molecule has 0 radical (unpaired) electrons. The van der Waals surface area contributed by atoms with Crippen molar-refractivity contribution in [2.24, 2.45) is 0 Å². The second-order valence-electron chi connectivity index (χ2n) is 6.23. The third-order valence-electron chi connectivity index (χ3n) is 4.56. The van der Waals surface area contributed by atoms with Crippen LogP contribution in [0.2, 0.25) is 10.0 Å². The van der Waals surface area contributed by atoms with Gasteiger partial charge in [-0.25, -0.2) is 13.2 Å². The normalized spacial score (nSPS) is 15.0. The fourth-order valence-corrected chi connectivity index (χ4v) is 5.32. The van der Waals surface area contributed by atoms with Crippen LogP contribution >= 0.6 is 23.2 Å². The van der Waals surface area contributed by atoms with Crippen molar-refractivity contribution in [1.29, 1.82) is 0 Å². The smallest absolute Gasteiger partial charge is 0.307 e. The van der Waals surface area contributed by atoms with Gasteiger partial charge in [0, 0.05) is 23.1 Å². The largest absolute Gasteiger partial charge is 0.326 e. The van der Waals surface area contributed by atoms with Crippen molar-refractivity contribution in [2.45, 2.75) is 17.9 Å². The summed E-state index contributed by atoms with van der Waals surface area (Å²) in [7, 11) is -3.85. The molecule has 1 aromatic heterocycles. The van der Waals surface area contributed by atoms with E-state index in [-0.39, 0.29) is 28.9 Å². The van der Waals surface area contributed by atoms with Crippen molar-refractivity contribution in [3.05, 3.63) is 72.3 Å². The van der Waals surface area contributed by atoms with Crippen molar-refractivity contribution < 1.29 is 8.42 Å². The van der Waals surface area contributed by atoms with Crippen LogP contribution in [0.15, 0.2) is 44.8 Å². The number of H-pyrrole nitrogens is 2. The monoisotopic (exact) mass is 425 g/mol. The first kappa shape index (κ1) is 18.2. The van der Waals surface area contributed by atoms with Gasteiger partial charge in [-0.2, -0.15) is 4.31 Å². The molecule has 0 spiro atoms. The summed E-state index contributed by atoms with van der Waals surface area (Å²) >= 11 is 12.2. The maximum Gasteiger partial charge on any atom is 0.326 e. The Morgan fingerprint density at radius 1 is 1.04 bits per heavy atom. The molecule has 1 aliphatic rings. The summed E-state index contributed by atoms with van der Waals surface area (Å²) in [4.78, 5) is 27.9. The molecular formula is C17H13Cl2N3O4S. The molecule has 0 amide bonds. The zero-order valence-corrected chi connectivity index (χ0v) is 16.1. The van der Waals surface area contributed by atoms with Gasteiger partial charge in [-0.05, 0) is 47.9 Å². The molecule has 0 atom stereocenters. The lowest BCUT2D eigenvalue weighted by Crippen LogP contribution is -2.36. The van der Waals surface area contributed by atoms with Gasteiger partial charge in [0.1, 0.15) is 0 Å². The van der Waals surface area contributed by atoms with Gasteiger partial charge < -0.3 is 4.98 Å². The lowest BCUT2D eigenvalue weighted by molar-refractivity contribution is 0.391. The van der Waals surface area contributed by atoms with E-state index < -0.39 is 21.3 Å². The molecule has 7 nitrogen and oxygen atoms in total. The summed E-state index contributed by atoms with van der Waals surface area (Å²) in [6.45, 7) is 0.397. The Labute approximate surface area is 163 Å². The van der Waals surface area contributed by atoms with Crippen LogP contribution in [-0.2, 0) is 23.0 Å². The van der Waals surface area contributed by atoms with Gasteiger partial charge in [0.25, 0.3) is 5.56 Å². The average molecular weight is 426 g/mol. The number of aromatic amines is 2. The quantitative estimate of drug-likeness (QED) is 0.656. The average Bonchev–Trinajstić information content (AvgIpc) is 2.60. The fourth-order valence-electron chi connectivity index (χ4n) is 3.24. The van der Waals surface area contributed by atoms with E-state index in [4.69, 9.17) is 23.2 Å². The van der Waals surface area contributed by atoms with E-state index in [1.807, 2.05) is 0 Å². The molecule has 10 heteroatoms. The minimum absolute atomic E-state index is 0.0240. The van der Waals surface area contributed by atoms with Gasteiger partial charge in [0.05, 0.1) is 15.8 Å². The van der Waals surface area contributed by atoms with Gasteiger partial charge in [-0.1, -0.05) is 23.2 Å². The highest BCUT2D eigenvalue weighted by Gasteiger charge is 2.29. The molecule has 0 saturated heterocycles. The Balaban J connectivity index is 1.77. The molecule has 4 rings (SSSR count). The minimum Gasteiger partial charge on any atom is -0.307 e. The SMILES string of the molecule is O=c1[nH]c(=O)c2cc(S(=O)(=O)N3CCc4c(Cl)cc(Cl)cc4C3)ccc2[nH]1. The summed E-state index contributed by atoms with van der Waals surface area (Å²) in [5.41, 5.74) is 0.619. The lowest BCUT2D eigenvalue weighted by Gasteiger charge is -2.29. The Morgan fingerprint density at radius 3 is 2.59 bits per heavy atom. The summed E-state index contributed by atoms with van der Waals surface area (Å²) in [5, 5.41) is 1.06. The fraction of sp³-hybridized carbons (Fsp3) is 0.176. The van der Waals surface area contributed by atoms with Crippen LogP contribution in [0, 0.1) is 0 Å². The minimum atomic E-state index is -3.85. The van der Waals surface area contributed by atoms with Crippen LogP contribution in [0.5, 0.6) is 0 Å². The molecule has 0 unspecified atom stereocenters. The second kappa shape index (κ2) is 6.49. The van der Waals surface area contributed by atoms with Crippen molar-refractivity contribution in [1.82, 2.24) is 14.3 Å². The topological polar surface area (TPSA) is 103 Å². The Morgan fingerprint density at radius 2 is 1.81 bits per heavy atom. The van der Waals surface area contributed by atoms with E-state index >= 15 is 0 Å². The molecule has 0 saturated carbocycles. The number of hydrogen-bond donors (Lipinski definition) is 2. The van der Waals surface area contributed by atoms with Gasteiger partial charge in [-0.15, -0.1) is 0 Å². The van der Waals surface area contributed by atoms with E-state index in [1.165, 1.54) is 22.5 Å². The van der Waals surface area contributed by atoms with Crippen molar-refractivity contribution in [2.75, 3.05) is 6.54 Å². The first-order chi connectivity index (χ1) is 12.8. The van der Waals surface area contributed by atoms with Crippen LogP contribution in [0.3, 0.4) is 0 Å². The highest BCUT2D eigenvalue weighted by molar-refractivity contribution is 7.89. The van der Waals surface area contributed by atoms with E-state index in [0.29, 0.717) is 16.5 Å². The number of nitrogens with zero attached hydrogens (tertiary/aromatic N) is 1. The van der Waals surface area contributed by atoms with Crippen LogP contribution < -0.4 is 11.2 Å². The highest BCUT2D eigenvalue weighted by Crippen LogP contribution is 2.32. The lowest BCUT2D eigenvalue weighted by atomic mass is 10.0. The molecule has 2 heterocycles. The van der Waals surface area contributed by atoms with E-state index in [9.17, 15) is 18.0 Å². The molecule has 1 aliphatic heterocycles. The van der Waals surface area contributed by atoms with Crippen LogP contribution in [0.1, 0.15) is 11.1 Å². The maximum absolute atomic E-state index is 13.1. The molecule has 140 valence electrons. The van der Waals surface area contributed by atoms with Crippen molar-refractivity contribution in [3.63, 3.8) is 0 Å². The van der Waals surface area contributed by atoms with Crippen molar-refractivity contribution in [3.8, 4) is 0 Å². The number of benzene rings is 2. The van der Waals surface area contributed by atoms with E-state index in [2.05, 4.69) is 9.97 Å². The van der Waals surface area contributed by atoms with Gasteiger partial charge in [0.15, 0.2) is 0 Å². The number of hydrogen-bond acceptors (Lipinski definition) is 4. The standard InChI is InChI=1S/C17H13Cl2N3O4S/c18-10-5-9-8-22(4-3-12(9)14(19)6-10)27(25,26)11-1-2-15-13(7-11)16(23)21-17(24)20-15/h1-2,5-7H,3-4,8H2,(H2,20,21,23,24). The number of fused-ring (bicyclic) bond motifs is 2. The number of aromatic nitrogens is 2. The molecule has 27 heavy (non-hydrogen) atoms. The molecule has 3 aromatic rings. The molecule has 2 aromatic carbocycles. The Kier molecular flexibility index (Phi) is 4.38. The summed E-state index contributed by atoms with van der Waals surface area (Å²) < 4.78 is 27.5. The van der Waals surface area contributed by atoms with E-state index in [1.54, 1.807) is 12.1 Å². The molecule has 0 aliphatic carbocycles. The van der Waals surface area contributed by atoms with Crippen molar-refractivity contribution >= 4 is 44.1 Å². The second-order valence-corrected chi connectivity index (χ2v) is 9.01. The Bertz CT molecular complexity index is 1300. The summed E-state index contributed by atoms with van der Waals surface area (Å²) in [6, 6.07) is 7.39. The molecular weight excluding hydrogens is 413 g/mol. The maximum atomic E-state index is 13.1. The zero-order chi connectivity index (χ0) is 19.3. The number of rotatable bonds is 2. The van der Waals surface area contributed by atoms with Gasteiger partial charge in [0.2, 0.25) is 10.0 Å². The predicted molar refractivity (Wildman–Crippen MR) is 103 cm³/mol. The van der Waals surface area contributed by atoms with Crippen LogP contribution in [0.25, 0.3) is 10.9 Å². The summed E-state index contributed by atoms with van der Waals surface area (Å²) in [6.07, 6.45) is 0.464. The van der Waals surface area contributed by atoms with Gasteiger partial charge in [-0.3, -0.25) is 9.78 Å². The Hall–Kier alpha value is -2.13. The first-order valence-corrected chi connectivity index (χ1v) is 10.2. The summed E-state index contributed by atoms with van der Waals surface area (Å²) in [5.74, 6) is 0.